The monoisotopic (exact) mass is 276 g/mol. The van der Waals surface area contributed by atoms with Crippen molar-refractivity contribution in [2.45, 2.75) is 18.8 Å². The van der Waals surface area contributed by atoms with Gasteiger partial charge in [0.25, 0.3) is 0 Å². The average Bonchev–Trinajstić information content (AvgIpc) is 2.65. The molecule has 0 aliphatic carbocycles. The first-order valence-electron chi connectivity index (χ1n) is 4.39. The normalized spacial score (nSPS) is 14.4. The molecule has 18 heavy (non-hydrogen) atoms. The van der Waals surface area contributed by atoms with Crippen LogP contribution in [0, 0.1) is 22.7 Å². The quantitative estimate of drug-likeness (QED) is 0.616. The number of thiophene rings is 1. The van der Waals surface area contributed by atoms with Gasteiger partial charge in [-0.25, -0.2) is 4.39 Å². The Morgan fingerprint density at radius 3 is 2.00 bits per heavy atom. The van der Waals surface area contributed by atoms with E-state index < -0.39 is 32.7 Å². The summed E-state index contributed by atoms with van der Waals surface area (Å²) in [5.74, 6) is 0. The van der Waals surface area contributed by atoms with Crippen LogP contribution in [0.15, 0.2) is 0 Å². The number of rotatable bonds is 2. The molecule has 1 atom stereocenters. The van der Waals surface area contributed by atoms with Crippen LogP contribution in [0.25, 0.3) is 0 Å². The van der Waals surface area contributed by atoms with Crippen molar-refractivity contribution in [3.8, 4) is 12.1 Å². The number of halogens is 4. The predicted molar refractivity (Wildman–Crippen MR) is 53.7 cm³/mol. The second-order valence-corrected chi connectivity index (χ2v) is 4.44. The van der Waals surface area contributed by atoms with Crippen molar-refractivity contribution in [2.24, 2.45) is 0 Å². The molecule has 8 heteroatoms. The largest absolute Gasteiger partial charge is 0.427 e. The number of nitriles is 2. The second kappa shape index (κ2) is 4.39. The second-order valence-electron chi connectivity index (χ2n) is 3.39. The fraction of sp³-hybridized carbons (Fsp3) is 0.300. The average molecular weight is 276 g/mol. The molecular weight excluding hydrogens is 272 g/mol. The molecular formula is C10H4F4N2OS. The van der Waals surface area contributed by atoms with Crippen LogP contribution in [-0.4, -0.2) is 12.5 Å². The van der Waals surface area contributed by atoms with Crippen LogP contribution >= 0.6 is 11.3 Å². The summed E-state index contributed by atoms with van der Waals surface area (Å²) >= 11 is 0.161. The Bertz CT molecular complexity index is 574. The molecule has 0 bridgehead atoms. The lowest BCUT2D eigenvalue weighted by Gasteiger charge is -2.22. The van der Waals surface area contributed by atoms with Crippen LogP contribution in [0.2, 0.25) is 0 Å². The highest BCUT2D eigenvalue weighted by Gasteiger charge is 2.56. The van der Waals surface area contributed by atoms with E-state index in [1.807, 2.05) is 0 Å². The van der Waals surface area contributed by atoms with Gasteiger partial charge >= 0.3 is 6.18 Å². The van der Waals surface area contributed by atoms with E-state index in [0.29, 0.717) is 0 Å². The van der Waals surface area contributed by atoms with Crippen LogP contribution in [0.1, 0.15) is 32.6 Å². The minimum Gasteiger partial charge on any atom is -0.297 e. The maximum Gasteiger partial charge on any atom is 0.427 e. The first-order valence-corrected chi connectivity index (χ1v) is 5.20. The highest BCUT2D eigenvalue weighted by molar-refractivity contribution is 7.14. The lowest BCUT2D eigenvalue weighted by molar-refractivity contribution is -0.227. The number of hydrogen-bond donors (Lipinski definition) is 0. The van der Waals surface area contributed by atoms with Crippen molar-refractivity contribution in [3.05, 3.63) is 20.9 Å². The maximum absolute atomic E-state index is 13.8. The molecule has 3 nitrogen and oxygen atoms in total. The molecule has 0 spiro atoms. The highest BCUT2D eigenvalue weighted by atomic mass is 32.1. The Balaban J connectivity index is 3.64. The molecule has 1 heterocycles. The zero-order chi connectivity index (χ0) is 14.1. The standard InChI is InChI=1S/C10H4F4N2OS/c1-9(11,10(12,13)14)8-6(3-16)5(2-15)7(4-17)18-8/h4H,1H3. The van der Waals surface area contributed by atoms with Crippen LogP contribution < -0.4 is 0 Å². The molecule has 0 amide bonds. The van der Waals surface area contributed by atoms with Crippen LogP contribution in [0.5, 0.6) is 0 Å². The van der Waals surface area contributed by atoms with Gasteiger partial charge in [-0.1, -0.05) is 0 Å². The summed E-state index contributed by atoms with van der Waals surface area (Å²) < 4.78 is 51.4. The third kappa shape index (κ3) is 1.95. The molecule has 0 saturated carbocycles. The lowest BCUT2D eigenvalue weighted by atomic mass is 10.00. The summed E-state index contributed by atoms with van der Waals surface area (Å²) in [6.07, 6.45) is -5.11. The van der Waals surface area contributed by atoms with Gasteiger partial charge in [-0.2, -0.15) is 23.7 Å². The Morgan fingerprint density at radius 2 is 1.67 bits per heavy atom. The number of aldehydes is 1. The van der Waals surface area contributed by atoms with Gasteiger partial charge in [-0.15, -0.1) is 11.3 Å². The van der Waals surface area contributed by atoms with Gasteiger partial charge in [-0.3, -0.25) is 4.79 Å². The van der Waals surface area contributed by atoms with Crippen molar-refractivity contribution >= 4 is 17.6 Å². The molecule has 0 fully saturated rings. The minimum absolute atomic E-state index is 0.125. The van der Waals surface area contributed by atoms with Crippen LogP contribution in [0.3, 0.4) is 0 Å². The van der Waals surface area contributed by atoms with E-state index in [4.69, 9.17) is 10.5 Å². The summed E-state index contributed by atoms with van der Waals surface area (Å²) in [7, 11) is 0. The molecule has 0 aliphatic heterocycles. The first-order chi connectivity index (χ1) is 8.20. The zero-order valence-electron chi connectivity index (χ0n) is 8.80. The number of carbonyl (C=O) groups excluding carboxylic acids is 1. The van der Waals surface area contributed by atoms with Gasteiger partial charge in [0.05, 0.1) is 20.9 Å². The Hall–Kier alpha value is -1.93. The van der Waals surface area contributed by atoms with Gasteiger partial charge < -0.3 is 0 Å². The zero-order valence-corrected chi connectivity index (χ0v) is 9.62. The molecule has 0 saturated heterocycles. The maximum atomic E-state index is 13.8. The van der Waals surface area contributed by atoms with E-state index in [-0.39, 0.29) is 24.5 Å². The number of alkyl halides is 4. The lowest BCUT2D eigenvalue weighted by Crippen LogP contribution is -2.34. The van der Waals surface area contributed by atoms with Crippen molar-refractivity contribution in [1.82, 2.24) is 0 Å². The van der Waals surface area contributed by atoms with Crippen LogP contribution in [-0.2, 0) is 5.67 Å². The highest BCUT2D eigenvalue weighted by Crippen LogP contribution is 2.47. The van der Waals surface area contributed by atoms with Crippen molar-refractivity contribution in [3.63, 3.8) is 0 Å². The number of hydrogen-bond acceptors (Lipinski definition) is 4. The van der Waals surface area contributed by atoms with Crippen LogP contribution in [0.4, 0.5) is 17.6 Å². The van der Waals surface area contributed by atoms with E-state index in [2.05, 4.69) is 0 Å². The van der Waals surface area contributed by atoms with Gasteiger partial charge in [0.2, 0.25) is 5.67 Å². The summed E-state index contributed by atoms with van der Waals surface area (Å²) in [5, 5.41) is 17.4. The molecule has 0 radical (unpaired) electrons. The summed E-state index contributed by atoms with van der Waals surface area (Å²) in [5.41, 5.74) is -5.05. The molecule has 1 rings (SSSR count). The van der Waals surface area contributed by atoms with Gasteiger partial charge in [0.15, 0.2) is 6.29 Å². The SMILES string of the molecule is CC(F)(c1sc(C=O)c(C#N)c1C#N)C(F)(F)F. The van der Waals surface area contributed by atoms with E-state index in [1.165, 1.54) is 12.1 Å². The molecule has 94 valence electrons. The molecule has 0 aliphatic rings. The Labute approximate surface area is 103 Å². The Kier molecular flexibility index (Phi) is 3.45. The smallest absolute Gasteiger partial charge is 0.297 e. The fourth-order valence-electron chi connectivity index (χ4n) is 1.21. The molecule has 0 aromatic carbocycles. The first kappa shape index (κ1) is 14.1. The fourth-order valence-corrected chi connectivity index (χ4v) is 2.28. The third-order valence-electron chi connectivity index (χ3n) is 2.22. The van der Waals surface area contributed by atoms with E-state index >= 15 is 0 Å². The molecule has 1 unspecified atom stereocenters. The predicted octanol–water partition coefficient (Wildman–Crippen LogP) is 3.05. The summed E-state index contributed by atoms with van der Waals surface area (Å²) in [6, 6.07) is 2.77. The van der Waals surface area contributed by atoms with E-state index in [1.54, 1.807) is 0 Å². The topological polar surface area (TPSA) is 64.7 Å². The summed E-state index contributed by atoms with van der Waals surface area (Å²) in [6.45, 7) is 0.245. The molecule has 1 aromatic rings. The van der Waals surface area contributed by atoms with Crippen molar-refractivity contribution in [2.75, 3.05) is 0 Å². The summed E-state index contributed by atoms with van der Waals surface area (Å²) in [4.78, 5) is 9.22. The van der Waals surface area contributed by atoms with Crippen molar-refractivity contribution in [1.29, 1.82) is 10.5 Å². The molecule has 0 N–H and O–H groups in total. The van der Waals surface area contributed by atoms with Gasteiger partial charge in [0, 0.05) is 0 Å². The Morgan fingerprint density at radius 1 is 1.17 bits per heavy atom. The molecule has 1 aromatic heterocycles. The van der Waals surface area contributed by atoms with Crippen molar-refractivity contribution < 1.29 is 22.4 Å². The van der Waals surface area contributed by atoms with Gasteiger partial charge in [0.1, 0.15) is 12.1 Å². The van der Waals surface area contributed by atoms with E-state index in [9.17, 15) is 22.4 Å². The van der Waals surface area contributed by atoms with Gasteiger partial charge in [-0.05, 0) is 6.92 Å². The number of nitrogens with zero attached hydrogens (tertiary/aromatic N) is 2. The van der Waals surface area contributed by atoms with E-state index in [0.717, 1.165) is 0 Å². The third-order valence-corrected chi connectivity index (χ3v) is 3.54. The number of carbonyl (C=O) groups is 1. The minimum atomic E-state index is -5.24.